The molecule has 14 heteroatoms. The monoisotopic (exact) mass is 526 g/mol. The number of imidazole rings is 1. The van der Waals surface area contributed by atoms with Gasteiger partial charge in [-0.1, -0.05) is 5.92 Å². The van der Waals surface area contributed by atoms with Crippen LogP contribution in [0.3, 0.4) is 0 Å². The normalized spacial score (nSPS) is 17.6. The number of carbonyl (C=O) groups excluding carboxylic acids is 1. The van der Waals surface area contributed by atoms with Crippen LogP contribution in [0.4, 0.5) is 25.1 Å². The summed E-state index contributed by atoms with van der Waals surface area (Å²) in [7, 11) is 3.08. The van der Waals surface area contributed by atoms with Crippen LogP contribution in [0.1, 0.15) is 39.0 Å². The van der Waals surface area contributed by atoms with E-state index in [-0.39, 0.29) is 11.5 Å². The van der Waals surface area contributed by atoms with Crippen molar-refractivity contribution in [2.75, 3.05) is 36.5 Å². The van der Waals surface area contributed by atoms with Crippen LogP contribution in [0.2, 0.25) is 0 Å². The van der Waals surface area contributed by atoms with Crippen molar-refractivity contribution in [2.45, 2.75) is 57.8 Å². The number of hydrogen-bond acceptors (Lipinski definition) is 8. The second-order valence-electron chi connectivity index (χ2n) is 8.60. The van der Waals surface area contributed by atoms with Crippen molar-refractivity contribution in [2.24, 2.45) is 7.05 Å². The number of esters is 1. The quantitative estimate of drug-likeness (QED) is 0.470. The Morgan fingerprint density at radius 1 is 1.11 bits per heavy atom. The van der Waals surface area contributed by atoms with E-state index in [2.05, 4.69) is 16.7 Å². The second-order valence-corrected chi connectivity index (χ2v) is 8.60. The third kappa shape index (κ3) is 5.98. The molecule has 0 unspecified atom stereocenters. The fraction of sp³-hybridized carbons (Fsp3) is 0.609. The Labute approximate surface area is 210 Å². The molecule has 4 heterocycles. The molecule has 1 N–H and O–H groups in total. The molecule has 37 heavy (non-hydrogen) atoms. The Hall–Kier alpha value is -3.76. The molecule has 2 aliphatic rings. The maximum atomic E-state index is 13.4. The molecule has 2 fully saturated rings. The maximum Gasteiger partial charge on any atom is 0.490 e. The average Bonchev–Trinajstić information content (AvgIpc) is 3.50. The summed E-state index contributed by atoms with van der Waals surface area (Å²) in [5, 5.41) is 7.12. The van der Waals surface area contributed by atoms with Crippen LogP contribution in [0.15, 0.2) is 4.79 Å². The molecule has 2 aromatic rings. The lowest BCUT2D eigenvalue weighted by Crippen LogP contribution is -2.40. The number of aromatic nitrogens is 4. The van der Waals surface area contributed by atoms with E-state index in [4.69, 9.17) is 24.6 Å². The summed E-state index contributed by atoms with van der Waals surface area (Å²) in [5.41, 5.74) is 0.680. The summed E-state index contributed by atoms with van der Waals surface area (Å²) in [4.78, 5) is 48.1. The Kier molecular flexibility index (Phi) is 8.67. The fourth-order valence-corrected chi connectivity index (χ4v) is 4.42. The number of halogens is 3. The molecule has 2 saturated heterocycles. The molecule has 1 atom stereocenters. The number of carboxylic acid groups (broad SMARTS) is 1. The van der Waals surface area contributed by atoms with Crippen LogP contribution in [-0.4, -0.2) is 75.1 Å². The van der Waals surface area contributed by atoms with E-state index < -0.39 is 18.2 Å². The van der Waals surface area contributed by atoms with Gasteiger partial charge in [0.25, 0.3) is 5.56 Å². The summed E-state index contributed by atoms with van der Waals surface area (Å²) in [5.74, 6) is 4.12. The lowest BCUT2D eigenvalue weighted by Gasteiger charge is -2.27. The highest BCUT2D eigenvalue weighted by atomic mass is 19.4. The van der Waals surface area contributed by atoms with E-state index >= 15 is 0 Å². The lowest BCUT2D eigenvalue weighted by molar-refractivity contribution is -0.192. The van der Waals surface area contributed by atoms with Crippen LogP contribution in [-0.2, 0) is 27.9 Å². The molecule has 0 aromatic carbocycles. The van der Waals surface area contributed by atoms with Crippen molar-refractivity contribution >= 4 is 35.0 Å². The molecular weight excluding hydrogens is 497 g/mol. The van der Waals surface area contributed by atoms with Crippen LogP contribution in [0, 0.1) is 11.8 Å². The van der Waals surface area contributed by atoms with E-state index in [1.165, 1.54) is 18.1 Å². The number of anilines is 2. The van der Waals surface area contributed by atoms with Gasteiger partial charge in [-0.2, -0.15) is 23.1 Å². The minimum Gasteiger partial charge on any atom is -0.475 e. The molecule has 2 aromatic heterocycles. The van der Waals surface area contributed by atoms with Gasteiger partial charge in [0.1, 0.15) is 6.04 Å². The average molecular weight is 527 g/mol. The number of alkyl halides is 3. The number of carbonyl (C=O) groups is 2. The van der Waals surface area contributed by atoms with E-state index in [1.807, 2.05) is 9.47 Å². The van der Waals surface area contributed by atoms with Gasteiger partial charge in [-0.05, 0) is 39.0 Å². The lowest BCUT2D eigenvalue weighted by atomic mass is 10.1. The number of fused-ring (bicyclic) bond motifs is 1. The molecule has 0 bridgehead atoms. The number of ether oxygens (including phenoxy) is 1. The van der Waals surface area contributed by atoms with Crippen LogP contribution >= 0.6 is 0 Å². The summed E-state index contributed by atoms with van der Waals surface area (Å²) >= 11 is 0. The summed E-state index contributed by atoms with van der Waals surface area (Å²) in [6.45, 7) is 4.64. The van der Waals surface area contributed by atoms with Gasteiger partial charge in [-0.25, -0.2) is 9.59 Å². The van der Waals surface area contributed by atoms with E-state index in [0.717, 1.165) is 38.3 Å². The summed E-state index contributed by atoms with van der Waals surface area (Å²) in [6, 6.07) is -0.430. The van der Waals surface area contributed by atoms with Gasteiger partial charge < -0.3 is 19.6 Å². The first-order valence-corrected chi connectivity index (χ1v) is 11.8. The third-order valence-electron chi connectivity index (χ3n) is 6.22. The molecule has 0 spiro atoms. The molecular formula is C23H29F3N6O5. The predicted molar refractivity (Wildman–Crippen MR) is 128 cm³/mol. The Bertz CT molecular complexity index is 1270. The van der Waals surface area contributed by atoms with Crippen molar-refractivity contribution in [3.05, 3.63) is 10.4 Å². The first-order valence-electron chi connectivity index (χ1n) is 11.8. The topological polar surface area (TPSA) is 123 Å². The van der Waals surface area contributed by atoms with Gasteiger partial charge >= 0.3 is 18.1 Å². The Morgan fingerprint density at radius 3 is 2.30 bits per heavy atom. The Balaban J connectivity index is 0.000000479. The zero-order valence-electron chi connectivity index (χ0n) is 20.8. The van der Waals surface area contributed by atoms with Gasteiger partial charge in [0.15, 0.2) is 11.2 Å². The first kappa shape index (κ1) is 27.8. The van der Waals surface area contributed by atoms with Gasteiger partial charge in [0, 0.05) is 26.7 Å². The highest BCUT2D eigenvalue weighted by Gasteiger charge is 2.38. The number of hydrogen-bond donors (Lipinski definition) is 1. The number of carboxylic acids is 1. The highest BCUT2D eigenvalue weighted by Crippen LogP contribution is 2.27. The second kappa shape index (κ2) is 11.5. The van der Waals surface area contributed by atoms with Crippen molar-refractivity contribution in [3.63, 3.8) is 0 Å². The van der Waals surface area contributed by atoms with E-state index in [1.54, 1.807) is 14.0 Å². The fourth-order valence-electron chi connectivity index (χ4n) is 4.42. The van der Waals surface area contributed by atoms with E-state index in [9.17, 15) is 22.8 Å². The number of rotatable bonds is 4. The van der Waals surface area contributed by atoms with Crippen molar-refractivity contribution < 1.29 is 32.6 Å². The predicted octanol–water partition coefficient (Wildman–Crippen LogP) is 1.92. The molecule has 2 aliphatic heterocycles. The zero-order valence-corrected chi connectivity index (χ0v) is 20.8. The van der Waals surface area contributed by atoms with Crippen LogP contribution in [0.5, 0.6) is 0 Å². The maximum absolute atomic E-state index is 13.4. The van der Waals surface area contributed by atoms with Crippen LogP contribution in [0.25, 0.3) is 11.2 Å². The number of methoxy groups -OCH3 is 1. The van der Waals surface area contributed by atoms with Gasteiger partial charge in [-0.3, -0.25) is 13.9 Å². The van der Waals surface area contributed by atoms with Crippen molar-refractivity contribution in [1.29, 1.82) is 0 Å². The standard InChI is InChI=1S/C21H28N6O3.C2HF3O2/c1-4-5-13-27-16-17(23-21(27)25-11-7-6-8-12-25)22-20(24(2)18(16)28)26-14-9-10-15(26)19(29)30-3;3-2(4,5)1(6)7/h15H,6-14H2,1-3H3;(H,6,7)/t15-;/m1./s1. The minimum absolute atomic E-state index is 0.181. The Morgan fingerprint density at radius 2 is 1.73 bits per heavy atom. The van der Waals surface area contributed by atoms with Gasteiger partial charge in [-0.15, -0.1) is 5.92 Å². The molecule has 0 saturated carbocycles. The first-order chi connectivity index (χ1) is 17.5. The third-order valence-corrected chi connectivity index (χ3v) is 6.22. The molecule has 11 nitrogen and oxygen atoms in total. The number of nitrogens with zero attached hydrogens (tertiary/aromatic N) is 6. The molecule has 0 amide bonds. The largest absolute Gasteiger partial charge is 0.490 e. The molecule has 4 rings (SSSR count). The molecule has 202 valence electrons. The minimum atomic E-state index is -5.08. The number of piperidine rings is 1. The SMILES string of the molecule is CC#CCn1c(N2CCCCC2)nc2nc(N3CCC[C@@H]3C(=O)OC)n(C)c(=O)c21.O=C(O)C(F)(F)F. The smallest absolute Gasteiger partial charge is 0.475 e. The van der Waals surface area contributed by atoms with Gasteiger partial charge in [0.2, 0.25) is 11.9 Å². The molecule has 0 aliphatic carbocycles. The number of aliphatic carboxylic acids is 1. The van der Waals surface area contributed by atoms with Gasteiger partial charge in [0.05, 0.1) is 13.7 Å². The van der Waals surface area contributed by atoms with Crippen molar-refractivity contribution in [1.82, 2.24) is 19.1 Å². The molecule has 0 radical (unpaired) electrons. The highest BCUT2D eigenvalue weighted by molar-refractivity contribution is 5.81. The van der Waals surface area contributed by atoms with Crippen molar-refractivity contribution in [3.8, 4) is 11.8 Å². The summed E-state index contributed by atoms with van der Waals surface area (Å²) in [6.07, 6.45) is -0.144. The zero-order chi connectivity index (χ0) is 27.3. The van der Waals surface area contributed by atoms with Crippen LogP contribution < -0.4 is 15.4 Å². The summed E-state index contributed by atoms with van der Waals surface area (Å²) < 4.78 is 40.1. The van der Waals surface area contributed by atoms with E-state index in [0.29, 0.717) is 36.6 Å².